The van der Waals surface area contributed by atoms with Gasteiger partial charge in [0.1, 0.15) is 42.1 Å². The van der Waals surface area contributed by atoms with E-state index in [1.54, 1.807) is 61.0 Å². The van der Waals surface area contributed by atoms with E-state index in [1.807, 2.05) is 40.1 Å². The molecule has 0 saturated carbocycles. The molecule has 6 atom stereocenters. The maximum absolute atomic E-state index is 11.1. The molecule has 0 rings (SSSR count). The van der Waals surface area contributed by atoms with Crippen LogP contribution in [0.3, 0.4) is 0 Å². The van der Waals surface area contributed by atoms with E-state index in [1.165, 1.54) is 4.90 Å². The molecule has 0 heterocycles. The van der Waals surface area contributed by atoms with E-state index >= 15 is 0 Å². The average molecular weight is 1010 g/mol. The maximum atomic E-state index is 11.1. The second-order valence-corrected chi connectivity index (χ2v) is 15.7. The molecule has 0 aliphatic rings. The first-order valence-electron chi connectivity index (χ1n) is 16.9. The van der Waals surface area contributed by atoms with Crippen LogP contribution in [0.2, 0.25) is 0 Å². The highest BCUT2D eigenvalue weighted by molar-refractivity contribution is 9.09. The minimum Gasteiger partial charge on any atom is -0.548 e. The molecular formula is C33H66Br3N6O14-. The van der Waals surface area contributed by atoms with Crippen molar-refractivity contribution in [2.24, 2.45) is 5.73 Å². The van der Waals surface area contributed by atoms with E-state index in [9.17, 15) is 44.1 Å². The van der Waals surface area contributed by atoms with Crippen LogP contribution in [-0.4, -0.2) is 238 Å². The molecule has 5 N–H and O–H groups in total. The van der Waals surface area contributed by atoms with E-state index in [4.69, 9.17) is 30.5 Å². The molecule has 23 heteroatoms. The number of hydrogen-bond donors (Lipinski definition) is 4. The van der Waals surface area contributed by atoms with Crippen LogP contribution in [0.5, 0.6) is 0 Å². The number of aliphatic hydroxyl groups is 2. The minimum atomic E-state index is -1.21. The Hall–Kier alpha value is -2.06. The van der Waals surface area contributed by atoms with Gasteiger partial charge in [-0.3, -0.25) is 29.1 Å². The molecule has 0 spiro atoms. The number of likely N-dealkylation sites (N-methyl/N-ethyl adjacent to an activating group) is 5. The number of carbonyl (C=O) groups excluding carboxylic acids is 5. The van der Waals surface area contributed by atoms with Crippen LogP contribution in [0, 0.1) is 0 Å². The Balaban J connectivity index is -0.000000199. The topological polar surface area (TPSA) is 286 Å². The number of quaternary nitrogens is 2. The first-order valence-corrected chi connectivity index (χ1v) is 20.3. The van der Waals surface area contributed by atoms with Crippen LogP contribution in [0.25, 0.3) is 0 Å². The molecule has 0 aromatic rings. The monoisotopic (exact) mass is 1010 g/mol. The Bertz CT molecular complexity index is 1100. The smallest absolute Gasteiger partial charge is 0.325 e. The minimum absolute atomic E-state index is 0.00438. The number of rotatable bonds is 20. The fraction of sp³-hybridized carbons (Fsp3) is 0.818. The predicted molar refractivity (Wildman–Crippen MR) is 214 cm³/mol. The molecule has 6 unspecified atom stereocenters. The summed E-state index contributed by atoms with van der Waals surface area (Å²) in [7, 11) is 19.1. The van der Waals surface area contributed by atoms with Crippen molar-refractivity contribution in [1.29, 1.82) is 0 Å². The molecule has 334 valence electrons. The second-order valence-electron chi connectivity index (χ2n) is 13.8. The molecule has 0 radical (unpaired) electrons. The number of aliphatic hydroxyl groups excluding tert-OH is 2. The van der Waals surface area contributed by atoms with Gasteiger partial charge in [-0.1, -0.05) is 47.8 Å². The van der Waals surface area contributed by atoms with Gasteiger partial charge in [0.15, 0.2) is 0 Å². The first-order chi connectivity index (χ1) is 25.5. The summed E-state index contributed by atoms with van der Waals surface area (Å²) in [6.45, 7) is 3.75. The molecule has 0 saturated heterocycles. The summed E-state index contributed by atoms with van der Waals surface area (Å²) < 4.78 is 9.95. The molecule has 0 aromatic carbocycles. The lowest BCUT2D eigenvalue weighted by Crippen LogP contribution is -2.64. The first kappa shape index (κ1) is 63.1. The zero-order chi connectivity index (χ0) is 45.7. The van der Waals surface area contributed by atoms with Gasteiger partial charge in [-0.15, -0.1) is 0 Å². The van der Waals surface area contributed by atoms with Gasteiger partial charge in [0.05, 0.1) is 90.9 Å². The maximum Gasteiger partial charge on any atom is 0.325 e. The highest BCUT2D eigenvalue weighted by Gasteiger charge is 2.33. The van der Waals surface area contributed by atoms with Crippen molar-refractivity contribution in [1.82, 2.24) is 14.7 Å². The molecule has 0 fully saturated rings. The van der Waals surface area contributed by atoms with Gasteiger partial charge < -0.3 is 69.2 Å². The van der Waals surface area contributed by atoms with E-state index in [-0.39, 0.29) is 40.9 Å². The SMILES string of the molecule is CCOC(=O)C(CBr)N(C)C.CCOC(=O)C(CO)N(C)C.CN(C)C(C[N+](C)(C)C(CBr)C(=O)[O-])C(=O)[O-].C[N+](C)(C)C(CBr)C(=O)[O-].NC(CO)C(=O)O. The van der Waals surface area contributed by atoms with Crippen molar-refractivity contribution in [2.75, 3.05) is 126 Å². The van der Waals surface area contributed by atoms with E-state index < -0.39 is 60.7 Å². The van der Waals surface area contributed by atoms with Crippen molar-refractivity contribution in [3.05, 3.63) is 0 Å². The number of carboxylic acids is 4. The summed E-state index contributed by atoms with van der Waals surface area (Å²) in [4.78, 5) is 69.1. The Labute approximate surface area is 357 Å². The number of alkyl halides is 3. The third-order valence-corrected chi connectivity index (χ3v) is 9.19. The summed E-state index contributed by atoms with van der Waals surface area (Å²) >= 11 is 9.46. The number of halogens is 3. The number of carboxylic acid groups (broad SMARTS) is 4. The van der Waals surface area contributed by atoms with Crippen LogP contribution >= 0.6 is 47.8 Å². The number of esters is 2. The van der Waals surface area contributed by atoms with Crippen LogP contribution in [0.4, 0.5) is 0 Å². The normalized spacial score (nSPS) is 14.2. The lowest BCUT2D eigenvalue weighted by atomic mass is 10.1. The molecule has 0 aliphatic heterocycles. The van der Waals surface area contributed by atoms with Crippen LogP contribution < -0.4 is 21.1 Å². The number of hydrogen-bond acceptors (Lipinski definition) is 17. The van der Waals surface area contributed by atoms with E-state index in [0.29, 0.717) is 28.4 Å². The number of aliphatic carboxylic acids is 4. The van der Waals surface area contributed by atoms with Gasteiger partial charge in [0.25, 0.3) is 0 Å². The van der Waals surface area contributed by atoms with Gasteiger partial charge in [-0.2, -0.15) is 0 Å². The Kier molecular flexibility index (Phi) is 38.2. The number of nitrogens with two attached hydrogens (primary N) is 1. The lowest BCUT2D eigenvalue weighted by Gasteiger charge is -2.41. The van der Waals surface area contributed by atoms with Gasteiger partial charge in [-0.05, 0) is 56.1 Å². The van der Waals surface area contributed by atoms with Crippen LogP contribution in [0.15, 0.2) is 0 Å². The lowest BCUT2D eigenvalue weighted by molar-refractivity contribution is -0.906. The largest absolute Gasteiger partial charge is 0.548 e. The molecule has 0 amide bonds. The van der Waals surface area contributed by atoms with Crippen LogP contribution in [0.1, 0.15) is 13.8 Å². The molecule has 20 nitrogen and oxygen atoms in total. The zero-order valence-corrected chi connectivity index (χ0v) is 39.7. The standard InChI is InChI=1S/C10H19BrN2O4.C7H14BrNO2.C7H15NO3.C6H12BrNO2.C3H7NO3/c1-12(2)7(9(14)15)6-13(3,4)8(5-11)10(16)17;1-4-11-7(10)6(5-8)9(2)3;1-4-11-7(10)6(5-9)8(2)3;1-8(2,3)5(4-7)6(9)10;4-2(1-5)3(6)7/h7-8H,5-6H2,1-4H3,(H-,14,15,16,17);6H,4-5H2,1-3H3;6,9H,4-5H2,1-3H3;5H,4H2,1-3H3;2,5H,1,4H2,(H,6,7)/p-1. The quantitative estimate of drug-likeness (QED) is 0.0506. The van der Waals surface area contributed by atoms with Crippen molar-refractivity contribution < 1.29 is 77.8 Å². The van der Waals surface area contributed by atoms with Gasteiger partial charge >= 0.3 is 17.9 Å². The summed E-state index contributed by atoms with van der Waals surface area (Å²) in [5.41, 5.74) is 4.77. The third-order valence-electron chi connectivity index (χ3n) is 7.35. The van der Waals surface area contributed by atoms with Crippen molar-refractivity contribution in [2.45, 2.75) is 50.1 Å². The summed E-state index contributed by atoms with van der Waals surface area (Å²) in [5, 5.41) is 58.2. The van der Waals surface area contributed by atoms with Gasteiger partial charge in [0.2, 0.25) is 0 Å². The zero-order valence-electron chi connectivity index (χ0n) is 34.9. The summed E-state index contributed by atoms with van der Waals surface area (Å²) in [6.07, 6.45) is 0. The third kappa shape index (κ3) is 30.1. The van der Waals surface area contributed by atoms with E-state index in [2.05, 4.69) is 47.8 Å². The molecule has 56 heavy (non-hydrogen) atoms. The highest BCUT2D eigenvalue weighted by atomic mass is 79.9. The number of ether oxygens (including phenoxy) is 2. The Morgan fingerprint density at radius 1 is 0.625 bits per heavy atom. The fourth-order valence-corrected chi connectivity index (χ4v) is 6.58. The molecular weight excluding hydrogens is 944 g/mol. The van der Waals surface area contributed by atoms with Crippen molar-refractivity contribution in [3.63, 3.8) is 0 Å². The van der Waals surface area contributed by atoms with Crippen LogP contribution in [-0.2, 0) is 38.2 Å². The fourth-order valence-electron chi connectivity index (χ4n) is 3.56. The molecule has 0 aliphatic carbocycles. The Morgan fingerprint density at radius 3 is 1.14 bits per heavy atom. The number of nitrogens with zero attached hydrogens (tertiary/aromatic N) is 5. The summed E-state index contributed by atoms with van der Waals surface area (Å²) in [6, 6.07) is -3.95. The average Bonchev–Trinajstić information content (AvgIpc) is 3.04. The Morgan fingerprint density at radius 2 is 0.982 bits per heavy atom. The van der Waals surface area contributed by atoms with Crippen molar-refractivity contribution in [3.8, 4) is 0 Å². The van der Waals surface area contributed by atoms with Crippen molar-refractivity contribution >= 4 is 83.6 Å². The van der Waals surface area contributed by atoms with Gasteiger partial charge in [-0.25, -0.2) is 0 Å². The summed E-state index contributed by atoms with van der Waals surface area (Å²) in [5.74, 6) is -5.16. The number of carbonyl (C=O) groups is 6. The molecule has 0 aromatic heterocycles. The predicted octanol–water partition coefficient (Wildman–Crippen LogP) is -4.80. The molecule has 0 bridgehead atoms. The van der Waals surface area contributed by atoms with E-state index in [0.717, 1.165) is 0 Å². The second kappa shape index (κ2) is 33.9. The van der Waals surface area contributed by atoms with Gasteiger partial charge in [0, 0.05) is 5.33 Å². The highest BCUT2D eigenvalue weighted by Crippen LogP contribution is 2.12.